The highest BCUT2D eigenvalue weighted by Crippen LogP contribution is 2.37. The van der Waals surface area contributed by atoms with Gasteiger partial charge in [0, 0.05) is 31.3 Å². The predicted octanol–water partition coefficient (Wildman–Crippen LogP) is 5.67. The van der Waals surface area contributed by atoms with E-state index in [0.29, 0.717) is 33.4 Å². The van der Waals surface area contributed by atoms with Crippen molar-refractivity contribution >= 4 is 39.3 Å². The Morgan fingerprint density at radius 1 is 1.35 bits per heavy atom. The van der Waals surface area contributed by atoms with Crippen LogP contribution in [0, 0.1) is 12.7 Å². The molecular formula is C23H26F5N5O2S2. The van der Waals surface area contributed by atoms with Crippen LogP contribution in [0.25, 0.3) is 4.91 Å². The third-order valence-electron chi connectivity index (χ3n) is 5.04. The molecule has 1 aliphatic heterocycles. The third-order valence-corrected chi connectivity index (χ3v) is 6.83. The molecule has 1 aromatic carbocycles. The maximum Gasteiger partial charge on any atom is 0.330 e. The van der Waals surface area contributed by atoms with Gasteiger partial charge in [0.05, 0.1) is 22.8 Å². The molecule has 7 nitrogen and oxygen atoms in total. The van der Waals surface area contributed by atoms with Crippen LogP contribution >= 0.6 is 11.8 Å². The Balaban J connectivity index is 1.87. The predicted molar refractivity (Wildman–Crippen MR) is 136 cm³/mol. The fourth-order valence-electron chi connectivity index (χ4n) is 3.47. The summed E-state index contributed by atoms with van der Waals surface area (Å²) in [6.07, 6.45) is 1.11. The van der Waals surface area contributed by atoms with Crippen molar-refractivity contribution in [3.8, 4) is 5.75 Å². The first-order valence-corrected chi connectivity index (χ1v) is 13.0. The number of hydrogen-bond acceptors (Lipinski definition) is 7. The molecule has 2 atom stereocenters. The largest absolute Gasteiger partial charge is 0.460 e. The molecule has 1 aliphatic rings. The van der Waals surface area contributed by atoms with Gasteiger partial charge in [0.1, 0.15) is 11.5 Å². The van der Waals surface area contributed by atoms with Gasteiger partial charge in [-0.25, -0.2) is 27.3 Å². The number of halogens is 5. The number of piperidine rings is 1. The molecule has 1 fully saturated rings. The number of rotatable bonds is 10. The molecule has 14 heteroatoms. The van der Waals surface area contributed by atoms with E-state index in [2.05, 4.69) is 27.2 Å². The topological polar surface area (TPSA) is 88.2 Å². The van der Waals surface area contributed by atoms with E-state index in [1.165, 1.54) is 24.0 Å². The maximum absolute atomic E-state index is 14.5. The van der Waals surface area contributed by atoms with Crippen molar-refractivity contribution in [3.05, 3.63) is 58.7 Å². The van der Waals surface area contributed by atoms with E-state index in [1.807, 2.05) is 4.72 Å². The minimum Gasteiger partial charge on any atom is -0.460 e. The molecule has 202 valence electrons. The Bertz CT molecular complexity index is 1210. The van der Waals surface area contributed by atoms with Crippen molar-refractivity contribution in [1.82, 2.24) is 15.3 Å². The van der Waals surface area contributed by atoms with Crippen LogP contribution in [-0.4, -0.2) is 45.0 Å². The van der Waals surface area contributed by atoms with Crippen molar-refractivity contribution in [2.75, 3.05) is 23.1 Å². The average Bonchev–Trinajstić information content (AvgIpc) is 2.80. The molecule has 0 aliphatic carbocycles. The lowest BCUT2D eigenvalue weighted by Gasteiger charge is -2.30. The van der Waals surface area contributed by atoms with Gasteiger partial charge < -0.3 is 15.4 Å². The fraction of sp³-hybridized carbons (Fsp3) is 0.391. The molecule has 0 bridgehead atoms. The Morgan fingerprint density at radius 2 is 2.08 bits per heavy atom. The van der Waals surface area contributed by atoms with E-state index in [1.54, 1.807) is 26.8 Å². The first-order valence-electron chi connectivity index (χ1n) is 11.0. The number of thioether (sulfide) groups is 1. The molecule has 3 rings (SSSR count). The molecule has 0 spiro atoms. The minimum absolute atomic E-state index is 0.103. The van der Waals surface area contributed by atoms with E-state index < -0.39 is 34.5 Å². The lowest BCUT2D eigenvalue weighted by atomic mass is 10.0. The first kappa shape index (κ1) is 28.9. The van der Waals surface area contributed by atoms with Crippen LogP contribution in [0.15, 0.2) is 41.6 Å². The zero-order valence-corrected chi connectivity index (χ0v) is 21.8. The summed E-state index contributed by atoms with van der Waals surface area (Å²) in [7, 11) is -2.76. The van der Waals surface area contributed by atoms with E-state index in [9.17, 15) is 26.2 Å². The van der Waals surface area contributed by atoms with Gasteiger partial charge in [-0.15, -0.1) is 0 Å². The lowest BCUT2D eigenvalue weighted by molar-refractivity contribution is -0.0244. The number of allylic oxidation sites excluding steroid dienone is 2. The third kappa shape index (κ3) is 8.14. The second-order valence-corrected chi connectivity index (χ2v) is 10.8. The van der Waals surface area contributed by atoms with Gasteiger partial charge in [0.2, 0.25) is 5.95 Å². The van der Waals surface area contributed by atoms with Crippen LogP contribution < -0.4 is 20.1 Å². The molecule has 3 N–H and O–H groups in total. The zero-order chi connectivity index (χ0) is 27.3. The van der Waals surface area contributed by atoms with Crippen LogP contribution in [0.4, 0.5) is 33.6 Å². The highest BCUT2D eigenvalue weighted by atomic mass is 32.2. The highest BCUT2D eigenvalue weighted by Gasteiger charge is 2.36. The Kier molecular flexibility index (Phi) is 9.53. The lowest BCUT2D eigenvalue weighted by Crippen LogP contribution is -2.49. The second kappa shape index (κ2) is 12.2. The van der Waals surface area contributed by atoms with Gasteiger partial charge >= 0.3 is 5.76 Å². The SMILES string of the molecule is C=C(C)S/C(=C(\C)Oc1cc(F)c(NS(=O)C(F)F)cc1C)c1ccnc(NC2CNCC(F)(F)C2)n1. The number of alkyl halides is 4. The van der Waals surface area contributed by atoms with Gasteiger partial charge in [-0.2, -0.15) is 8.78 Å². The Morgan fingerprint density at radius 3 is 2.73 bits per heavy atom. The van der Waals surface area contributed by atoms with E-state index >= 15 is 0 Å². The van der Waals surface area contributed by atoms with Gasteiger partial charge in [0.25, 0.3) is 5.92 Å². The van der Waals surface area contributed by atoms with E-state index in [0.717, 1.165) is 6.07 Å². The van der Waals surface area contributed by atoms with Gasteiger partial charge in [-0.05, 0) is 43.4 Å². The van der Waals surface area contributed by atoms with Crippen molar-refractivity contribution in [2.45, 2.75) is 44.9 Å². The number of aryl methyl sites for hydroxylation is 1. The molecule has 0 amide bonds. The molecule has 37 heavy (non-hydrogen) atoms. The molecule has 1 aromatic heterocycles. The molecule has 0 saturated carbocycles. The number of ether oxygens (including phenoxy) is 1. The number of hydrogen-bond donors (Lipinski definition) is 3. The van der Waals surface area contributed by atoms with E-state index in [-0.39, 0.29) is 30.4 Å². The number of nitrogens with zero attached hydrogens (tertiary/aromatic N) is 2. The van der Waals surface area contributed by atoms with Gasteiger partial charge in [0.15, 0.2) is 16.8 Å². The van der Waals surface area contributed by atoms with Crippen molar-refractivity contribution in [3.63, 3.8) is 0 Å². The average molecular weight is 564 g/mol. The molecule has 0 radical (unpaired) electrons. The fourth-order valence-corrected chi connectivity index (χ4v) is 4.68. The summed E-state index contributed by atoms with van der Waals surface area (Å²) < 4.78 is 86.3. The smallest absolute Gasteiger partial charge is 0.330 e. The van der Waals surface area contributed by atoms with Gasteiger partial charge in [-0.3, -0.25) is 4.72 Å². The summed E-state index contributed by atoms with van der Waals surface area (Å²) >= 11 is 1.24. The minimum atomic E-state index is -3.18. The summed E-state index contributed by atoms with van der Waals surface area (Å²) in [5, 5.41) is 5.61. The van der Waals surface area contributed by atoms with Crippen LogP contribution in [0.5, 0.6) is 5.75 Å². The highest BCUT2D eigenvalue weighted by molar-refractivity contribution is 8.11. The second-order valence-electron chi connectivity index (χ2n) is 8.35. The van der Waals surface area contributed by atoms with Crippen LogP contribution in [0.3, 0.4) is 0 Å². The number of aromatic nitrogens is 2. The maximum atomic E-state index is 14.5. The van der Waals surface area contributed by atoms with Crippen molar-refractivity contribution < 1.29 is 30.9 Å². The summed E-state index contributed by atoms with van der Waals surface area (Å²) in [5.74, 6) is -6.37. The Hall–Kier alpha value is -2.71. The first-order chi connectivity index (χ1) is 17.3. The van der Waals surface area contributed by atoms with Crippen molar-refractivity contribution in [2.24, 2.45) is 0 Å². The summed E-state index contributed by atoms with van der Waals surface area (Å²) in [6.45, 7) is 8.80. The molecular weight excluding hydrogens is 537 g/mol. The number of anilines is 2. The normalized spacial score (nSPS) is 18.7. The molecule has 2 unspecified atom stereocenters. The summed E-state index contributed by atoms with van der Waals surface area (Å²) in [4.78, 5) is 9.80. The zero-order valence-electron chi connectivity index (χ0n) is 20.2. The van der Waals surface area contributed by atoms with Crippen LogP contribution in [0.2, 0.25) is 0 Å². The molecule has 1 saturated heterocycles. The summed E-state index contributed by atoms with van der Waals surface area (Å²) in [5.41, 5.74) is 0.461. The van der Waals surface area contributed by atoms with Gasteiger partial charge in [-0.1, -0.05) is 18.3 Å². The Labute approximate surface area is 218 Å². The van der Waals surface area contributed by atoms with Crippen LogP contribution in [-0.2, 0) is 11.0 Å². The van der Waals surface area contributed by atoms with Crippen LogP contribution in [0.1, 0.15) is 31.5 Å². The van der Waals surface area contributed by atoms with Crippen molar-refractivity contribution in [1.29, 1.82) is 0 Å². The number of nitrogens with one attached hydrogen (secondary N) is 3. The number of benzene rings is 1. The monoisotopic (exact) mass is 563 g/mol. The summed E-state index contributed by atoms with van der Waals surface area (Å²) in [6, 6.07) is 3.24. The standard InChI is InChI=1S/C23H26F5N5O2S2/c1-12(2)36-20(17-5-6-30-22(32-17)31-15-9-23(27,28)11-29-10-15)14(4)35-19-8-16(24)18(7-13(19)3)33-37(34)21(25)26/h5-8,15,21,29,33H,1,9-11H2,2-4H3,(H,30,31,32)/b20-14+. The quantitative estimate of drug-likeness (QED) is 0.254. The molecule has 2 heterocycles. The molecule has 2 aromatic rings. The van der Waals surface area contributed by atoms with E-state index in [4.69, 9.17) is 4.74 Å².